The third-order valence-electron chi connectivity index (χ3n) is 5.18. The van der Waals surface area contributed by atoms with E-state index in [1.807, 2.05) is 24.0 Å². The van der Waals surface area contributed by atoms with Crippen LogP contribution in [-0.4, -0.2) is 71.1 Å². The number of ether oxygens (including phenoxy) is 2. The van der Waals surface area contributed by atoms with Crippen LogP contribution in [0.25, 0.3) is 11.7 Å². The number of aryl methyl sites for hydroxylation is 1. The van der Waals surface area contributed by atoms with Crippen molar-refractivity contribution in [2.75, 3.05) is 51.5 Å². The van der Waals surface area contributed by atoms with Gasteiger partial charge in [0, 0.05) is 39.5 Å². The molecule has 0 spiro atoms. The van der Waals surface area contributed by atoms with Gasteiger partial charge in [0.15, 0.2) is 0 Å². The first-order valence-electron chi connectivity index (χ1n) is 10.1. The molecule has 2 fully saturated rings. The van der Waals surface area contributed by atoms with E-state index in [1.165, 1.54) is 16.2 Å². The van der Waals surface area contributed by atoms with Crippen molar-refractivity contribution in [3.05, 3.63) is 44.7 Å². The van der Waals surface area contributed by atoms with Gasteiger partial charge in [0.05, 0.1) is 23.7 Å². The van der Waals surface area contributed by atoms with Crippen molar-refractivity contribution < 1.29 is 14.3 Å². The zero-order valence-electron chi connectivity index (χ0n) is 17.5. The Hall–Kier alpha value is -2.27. The van der Waals surface area contributed by atoms with Gasteiger partial charge >= 0.3 is 0 Å². The highest BCUT2D eigenvalue weighted by molar-refractivity contribution is 8.26. The molecule has 4 rings (SSSR count). The third-order valence-corrected chi connectivity index (χ3v) is 6.55. The summed E-state index contributed by atoms with van der Waals surface area (Å²) in [5, 5.41) is 0. The van der Waals surface area contributed by atoms with E-state index in [-0.39, 0.29) is 11.5 Å². The van der Waals surface area contributed by atoms with Crippen LogP contribution >= 0.6 is 24.0 Å². The predicted molar refractivity (Wildman–Crippen MR) is 126 cm³/mol. The van der Waals surface area contributed by atoms with Crippen LogP contribution in [0.5, 0.6) is 0 Å². The highest BCUT2D eigenvalue weighted by Crippen LogP contribution is 2.33. The Bertz CT molecular complexity index is 1110. The van der Waals surface area contributed by atoms with Crippen molar-refractivity contribution in [2.45, 2.75) is 13.3 Å². The summed E-state index contributed by atoms with van der Waals surface area (Å²) in [4.78, 5) is 35.2. The number of amides is 1. The number of carbonyl (C=O) groups excluding carboxylic acids is 1. The number of thioether (sulfide) groups is 1. The molecule has 1 amide bonds. The SMILES string of the molecule is COCCCN1C(=O)/C(=C/c2c(N3CCOCC3)nc3ccc(C)cn3c2=O)SC1=S. The molecule has 0 bridgehead atoms. The van der Waals surface area contributed by atoms with Crippen LogP contribution in [0.4, 0.5) is 5.82 Å². The number of morpholine rings is 1. The van der Waals surface area contributed by atoms with Gasteiger partial charge in [0.25, 0.3) is 11.5 Å². The number of methoxy groups -OCH3 is 1. The summed E-state index contributed by atoms with van der Waals surface area (Å²) in [6, 6.07) is 3.76. The Morgan fingerprint density at radius 1 is 1.29 bits per heavy atom. The number of thiocarbonyl (C=S) groups is 1. The van der Waals surface area contributed by atoms with Gasteiger partial charge in [-0.3, -0.25) is 18.9 Å². The van der Waals surface area contributed by atoms with Crippen molar-refractivity contribution in [3.63, 3.8) is 0 Å². The molecule has 8 nitrogen and oxygen atoms in total. The molecule has 0 saturated carbocycles. The zero-order valence-corrected chi connectivity index (χ0v) is 19.1. The van der Waals surface area contributed by atoms with Crippen LogP contribution in [0.3, 0.4) is 0 Å². The lowest BCUT2D eigenvalue weighted by atomic mass is 10.2. The molecule has 0 unspecified atom stereocenters. The molecule has 31 heavy (non-hydrogen) atoms. The largest absolute Gasteiger partial charge is 0.385 e. The molecule has 10 heteroatoms. The third kappa shape index (κ3) is 4.52. The second kappa shape index (κ2) is 9.47. The fourth-order valence-electron chi connectivity index (χ4n) is 3.58. The Balaban J connectivity index is 1.78. The van der Waals surface area contributed by atoms with E-state index in [2.05, 4.69) is 0 Å². The first-order valence-corrected chi connectivity index (χ1v) is 11.3. The summed E-state index contributed by atoms with van der Waals surface area (Å²) in [6.45, 7) is 5.35. The number of hydrogen-bond donors (Lipinski definition) is 0. The fraction of sp³-hybridized carbons (Fsp3) is 0.429. The predicted octanol–water partition coefficient (Wildman–Crippen LogP) is 2.08. The lowest BCUT2D eigenvalue weighted by Crippen LogP contribution is -2.38. The molecular formula is C21H24N4O4S2. The van der Waals surface area contributed by atoms with E-state index < -0.39 is 0 Å². The maximum Gasteiger partial charge on any atom is 0.267 e. The summed E-state index contributed by atoms with van der Waals surface area (Å²) in [5.74, 6) is 0.384. The molecule has 0 aliphatic carbocycles. The summed E-state index contributed by atoms with van der Waals surface area (Å²) >= 11 is 6.62. The summed E-state index contributed by atoms with van der Waals surface area (Å²) in [7, 11) is 1.62. The van der Waals surface area contributed by atoms with Crippen molar-refractivity contribution in [2.24, 2.45) is 0 Å². The molecule has 0 radical (unpaired) electrons. The topological polar surface area (TPSA) is 76.4 Å². The van der Waals surface area contributed by atoms with E-state index in [0.29, 0.717) is 72.1 Å². The molecule has 4 heterocycles. The molecule has 0 atom stereocenters. The number of hydrogen-bond acceptors (Lipinski definition) is 8. The Morgan fingerprint density at radius 2 is 2.06 bits per heavy atom. The van der Waals surface area contributed by atoms with Gasteiger partial charge in [-0.1, -0.05) is 30.0 Å². The van der Waals surface area contributed by atoms with Crippen LogP contribution in [-0.2, 0) is 14.3 Å². The van der Waals surface area contributed by atoms with Crippen molar-refractivity contribution in [3.8, 4) is 0 Å². The highest BCUT2D eigenvalue weighted by atomic mass is 32.2. The van der Waals surface area contributed by atoms with Crippen LogP contribution in [0.1, 0.15) is 17.5 Å². The monoisotopic (exact) mass is 460 g/mol. The summed E-state index contributed by atoms with van der Waals surface area (Å²) in [5.41, 5.74) is 1.70. The van der Waals surface area contributed by atoms with Gasteiger partial charge in [-0.05, 0) is 31.1 Å². The average Bonchev–Trinajstić information content (AvgIpc) is 3.04. The quantitative estimate of drug-likeness (QED) is 0.369. The van der Waals surface area contributed by atoms with Crippen molar-refractivity contribution in [1.82, 2.24) is 14.3 Å². The van der Waals surface area contributed by atoms with Crippen LogP contribution in [0.15, 0.2) is 28.0 Å². The van der Waals surface area contributed by atoms with Crippen LogP contribution < -0.4 is 10.5 Å². The average molecular weight is 461 g/mol. The van der Waals surface area contributed by atoms with E-state index >= 15 is 0 Å². The number of aromatic nitrogens is 2. The van der Waals surface area contributed by atoms with Crippen molar-refractivity contribution in [1.29, 1.82) is 0 Å². The van der Waals surface area contributed by atoms with E-state index in [1.54, 1.807) is 24.3 Å². The second-order valence-corrected chi connectivity index (χ2v) is 9.04. The lowest BCUT2D eigenvalue weighted by Gasteiger charge is -2.29. The van der Waals surface area contributed by atoms with Gasteiger partial charge < -0.3 is 14.4 Å². The fourth-order valence-corrected chi connectivity index (χ4v) is 4.87. The van der Waals surface area contributed by atoms with E-state index in [4.69, 9.17) is 26.7 Å². The number of rotatable bonds is 6. The molecule has 2 saturated heterocycles. The minimum absolute atomic E-state index is 0.187. The lowest BCUT2D eigenvalue weighted by molar-refractivity contribution is -0.122. The molecule has 2 aliphatic heterocycles. The second-order valence-electron chi connectivity index (χ2n) is 7.37. The zero-order chi connectivity index (χ0) is 22.0. The molecule has 2 aromatic heterocycles. The van der Waals surface area contributed by atoms with Gasteiger partial charge in [-0.2, -0.15) is 0 Å². The smallest absolute Gasteiger partial charge is 0.267 e. The maximum atomic E-state index is 13.4. The molecule has 164 valence electrons. The van der Waals surface area contributed by atoms with Crippen LogP contribution in [0, 0.1) is 6.92 Å². The summed E-state index contributed by atoms with van der Waals surface area (Å²) in [6.07, 6.45) is 4.10. The number of nitrogens with zero attached hydrogens (tertiary/aromatic N) is 4. The Labute approximate surface area is 189 Å². The van der Waals surface area contributed by atoms with Gasteiger partial charge in [-0.25, -0.2) is 4.98 Å². The van der Waals surface area contributed by atoms with Gasteiger partial charge in [0.2, 0.25) is 0 Å². The number of carbonyl (C=O) groups is 1. The normalized spacial score (nSPS) is 18.6. The molecule has 2 aliphatic rings. The summed E-state index contributed by atoms with van der Waals surface area (Å²) < 4.78 is 12.6. The number of anilines is 1. The van der Waals surface area contributed by atoms with E-state index in [0.717, 1.165) is 5.56 Å². The molecule has 0 aromatic carbocycles. The van der Waals surface area contributed by atoms with Gasteiger partial charge in [0.1, 0.15) is 15.8 Å². The number of pyridine rings is 1. The Morgan fingerprint density at radius 3 is 2.81 bits per heavy atom. The standard InChI is InChI=1S/C21H24N4O4S2/c1-14-4-5-17-22-18(23-7-10-29-11-8-23)15(19(26)25(17)13-14)12-16-20(27)24(21(30)31-16)6-3-9-28-2/h4-5,12-13H,3,6-11H2,1-2H3/b16-12-. The van der Waals surface area contributed by atoms with Gasteiger partial charge in [-0.15, -0.1) is 0 Å². The maximum absolute atomic E-state index is 13.4. The first kappa shape index (κ1) is 21.9. The van der Waals surface area contributed by atoms with Crippen LogP contribution in [0.2, 0.25) is 0 Å². The minimum atomic E-state index is -0.208. The first-order chi connectivity index (χ1) is 15.0. The minimum Gasteiger partial charge on any atom is -0.385 e. The molecule has 2 aromatic rings. The highest BCUT2D eigenvalue weighted by Gasteiger charge is 2.32. The molecular weight excluding hydrogens is 436 g/mol. The van der Waals surface area contributed by atoms with E-state index in [9.17, 15) is 9.59 Å². The Kier molecular flexibility index (Phi) is 6.71. The molecule has 0 N–H and O–H groups in total. The number of fused-ring (bicyclic) bond motifs is 1. The van der Waals surface area contributed by atoms with Crippen molar-refractivity contribution >= 4 is 51.7 Å².